The van der Waals surface area contributed by atoms with Crippen molar-refractivity contribution in [3.8, 4) is 0 Å². The van der Waals surface area contributed by atoms with Gasteiger partial charge in [-0.2, -0.15) is 9.29 Å². The van der Waals surface area contributed by atoms with E-state index in [4.69, 9.17) is 4.52 Å². The number of aromatic nitrogens is 2. The summed E-state index contributed by atoms with van der Waals surface area (Å²) in [5.74, 6) is 0.852. The molecule has 1 fully saturated rings. The fraction of sp³-hybridized carbons (Fsp3) is 0.375. The van der Waals surface area contributed by atoms with Crippen molar-refractivity contribution in [3.05, 3.63) is 71.9 Å². The first-order chi connectivity index (χ1) is 15.8. The molecule has 174 valence electrons. The van der Waals surface area contributed by atoms with Crippen LogP contribution in [0.3, 0.4) is 0 Å². The van der Waals surface area contributed by atoms with Gasteiger partial charge in [0.15, 0.2) is 5.82 Å². The van der Waals surface area contributed by atoms with Crippen molar-refractivity contribution >= 4 is 21.6 Å². The predicted octanol–water partition coefficient (Wildman–Crippen LogP) is 3.82. The van der Waals surface area contributed by atoms with Crippen molar-refractivity contribution in [1.29, 1.82) is 0 Å². The van der Waals surface area contributed by atoms with Crippen LogP contribution < -0.4 is 5.32 Å². The summed E-state index contributed by atoms with van der Waals surface area (Å²) >= 11 is 0. The monoisotopic (exact) mass is 468 g/mol. The number of anilines is 1. The highest BCUT2D eigenvalue weighted by Crippen LogP contribution is 2.25. The number of nitrogens with one attached hydrogen (secondary N) is 1. The zero-order valence-corrected chi connectivity index (χ0v) is 19.6. The number of benzene rings is 2. The van der Waals surface area contributed by atoms with E-state index < -0.39 is 15.9 Å². The minimum atomic E-state index is -3.61. The summed E-state index contributed by atoms with van der Waals surface area (Å²) in [5, 5.41) is 6.93. The molecule has 4 rings (SSSR count). The Morgan fingerprint density at radius 3 is 2.55 bits per heavy atom. The van der Waals surface area contributed by atoms with Crippen LogP contribution in [0.25, 0.3) is 0 Å². The molecule has 3 aromatic rings. The summed E-state index contributed by atoms with van der Waals surface area (Å²) in [7, 11) is -3.61. The van der Waals surface area contributed by atoms with Gasteiger partial charge in [-0.25, -0.2) is 8.42 Å². The van der Waals surface area contributed by atoms with Gasteiger partial charge < -0.3 is 9.84 Å². The topological polar surface area (TPSA) is 105 Å². The number of amides is 1. The molecule has 2 aromatic carbocycles. The lowest BCUT2D eigenvalue weighted by atomic mass is 9.98. The van der Waals surface area contributed by atoms with Crippen LogP contribution in [0.4, 0.5) is 5.69 Å². The second-order valence-corrected chi connectivity index (χ2v) is 10.5. The molecular formula is C24H28N4O4S. The highest BCUT2D eigenvalue weighted by Gasteiger charge is 2.33. The van der Waals surface area contributed by atoms with Crippen molar-refractivity contribution in [3.63, 3.8) is 0 Å². The maximum absolute atomic E-state index is 12.9. The third-order valence-electron chi connectivity index (χ3n) is 5.70. The first kappa shape index (κ1) is 23.1. The first-order valence-electron chi connectivity index (χ1n) is 11.1. The number of rotatable bonds is 7. The van der Waals surface area contributed by atoms with Crippen LogP contribution in [0, 0.1) is 5.92 Å². The molecule has 0 aliphatic carbocycles. The van der Waals surface area contributed by atoms with Crippen LogP contribution in [0.1, 0.15) is 49.9 Å². The molecule has 1 N–H and O–H groups in total. The maximum atomic E-state index is 12.9. The minimum Gasteiger partial charge on any atom is -0.339 e. The lowest BCUT2D eigenvalue weighted by Crippen LogP contribution is -2.43. The van der Waals surface area contributed by atoms with Crippen molar-refractivity contribution < 1.29 is 17.7 Å². The Balaban J connectivity index is 1.36. The van der Waals surface area contributed by atoms with Crippen LogP contribution in [0.5, 0.6) is 0 Å². The largest absolute Gasteiger partial charge is 0.339 e. The van der Waals surface area contributed by atoms with E-state index in [-0.39, 0.29) is 23.3 Å². The van der Waals surface area contributed by atoms with Gasteiger partial charge >= 0.3 is 0 Å². The predicted molar refractivity (Wildman–Crippen MR) is 124 cm³/mol. The number of nitrogens with zero attached hydrogens (tertiary/aromatic N) is 3. The molecule has 0 saturated carbocycles. The molecule has 33 heavy (non-hydrogen) atoms. The van der Waals surface area contributed by atoms with Gasteiger partial charge in [0.05, 0.1) is 10.8 Å². The Kier molecular flexibility index (Phi) is 6.90. The molecule has 8 nitrogen and oxygen atoms in total. The molecule has 1 unspecified atom stereocenters. The maximum Gasteiger partial charge on any atom is 0.243 e. The molecular weight excluding hydrogens is 440 g/mol. The van der Waals surface area contributed by atoms with Gasteiger partial charge in [0, 0.05) is 31.1 Å². The molecule has 1 aliphatic heterocycles. The Bertz CT molecular complexity index is 1190. The first-order valence-corrected chi connectivity index (χ1v) is 12.5. The van der Waals surface area contributed by atoms with Gasteiger partial charge in [0.2, 0.25) is 21.8 Å². The number of sulfonamides is 1. The van der Waals surface area contributed by atoms with Crippen LogP contribution in [0.2, 0.25) is 0 Å². The summed E-state index contributed by atoms with van der Waals surface area (Å²) in [6.45, 7) is 4.59. The smallest absolute Gasteiger partial charge is 0.243 e. The minimum absolute atomic E-state index is 0.171. The van der Waals surface area contributed by atoms with Crippen LogP contribution in [-0.2, 0) is 21.2 Å². The van der Waals surface area contributed by atoms with E-state index >= 15 is 0 Å². The second-order valence-electron chi connectivity index (χ2n) is 8.58. The zero-order chi connectivity index (χ0) is 23.4. The van der Waals surface area contributed by atoms with Crippen LogP contribution in [0.15, 0.2) is 64.0 Å². The van der Waals surface area contributed by atoms with Gasteiger partial charge in [-0.3, -0.25) is 4.79 Å². The number of hydrogen-bond acceptors (Lipinski definition) is 6. The van der Waals surface area contributed by atoms with E-state index in [9.17, 15) is 13.2 Å². The molecule has 1 saturated heterocycles. The molecule has 9 heteroatoms. The molecule has 2 heterocycles. The molecule has 1 aromatic heterocycles. The van der Waals surface area contributed by atoms with Gasteiger partial charge in [-0.05, 0) is 42.7 Å². The average Bonchev–Trinajstić information content (AvgIpc) is 3.30. The van der Waals surface area contributed by atoms with Crippen molar-refractivity contribution in [2.75, 3.05) is 18.4 Å². The fourth-order valence-electron chi connectivity index (χ4n) is 3.82. The van der Waals surface area contributed by atoms with Crippen molar-refractivity contribution in [1.82, 2.24) is 14.4 Å². The SMILES string of the molecule is CC(C)c1nc(Cc2ccc(NC(=O)C3CCCN(S(=O)(=O)c4ccccc4)C3)cc2)no1. The number of carbonyl (C=O) groups excluding carboxylic acids is 1. The summed E-state index contributed by atoms with van der Waals surface area (Å²) in [4.78, 5) is 17.5. The van der Waals surface area contributed by atoms with E-state index in [1.807, 2.05) is 38.1 Å². The quantitative estimate of drug-likeness (QED) is 0.565. The van der Waals surface area contributed by atoms with E-state index in [1.54, 1.807) is 30.3 Å². The van der Waals surface area contributed by atoms with Crippen molar-refractivity contribution in [2.24, 2.45) is 5.92 Å². The molecule has 1 aliphatic rings. The second kappa shape index (κ2) is 9.84. The van der Waals surface area contributed by atoms with E-state index in [0.29, 0.717) is 43.2 Å². The lowest BCUT2D eigenvalue weighted by Gasteiger charge is -2.31. The zero-order valence-electron chi connectivity index (χ0n) is 18.8. The summed E-state index contributed by atoms with van der Waals surface area (Å²) in [6, 6.07) is 15.8. The van der Waals surface area contributed by atoms with Crippen LogP contribution in [-0.4, -0.2) is 41.9 Å². The van der Waals surface area contributed by atoms with Gasteiger partial charge in [-0.15, -0.1) is 0 Å². The van der Waals surface area contributed by atoms with Crippen LogP contribution >= 0.6 is 0 Å². The summed E-state index contributed by atoms with van der Waals surface area (Å²) < 4.78 is 32.5. The third kappa shape index (κ3) is 5.48. The molecule has 0 spiro atoms. The summed E-state index contributed by atoms with van der Waals surface area (Å²) in [6.07, 6.45) is 1.84. The highest BCUT2D eigenvalue weighted by atomic mass is 32.2. The highest BCUT2D eigenvalue weighted by molar-refractivity contribution is 7.89. The Hall–Kier alpha value is -3.04. The number of carbonyl (C=O) groups is 1. The van der Waals surface area contributed by atoms with Crippen molar-refractivity contribution in [2.45, 2.75) is 43.9 Å². The van der Waals surface area contributed by atoms with Gasteiger partial charge in [0.25, 0.3) is 0 Å². The van der Waals surface area contributed by atoms with E-state index in [1.165, 1.54) is 4.31 Å². The van der Waals surface area contributed by atoms with Gasteiger partial charge in [-0.1, -0.05) is 49.3 Å². The fourth-order valence-corrected chi connectivity index (χ4v) is 5.37. The number of piperidine rings is 1. The van der Waals surface area contributed by atoms with E-state index in [0.717, 1.165) is 5.56 Å². The Labute approximate surface area is 194 Å². The standard InChI is InChI=1S/C24H28N4O4S/c1-17(2)24-26-22(27-32-24)15-18-10-12-20(13-11-18)25-23(29)19-7-6-14-28(16-19)33(30,31)21-8-4-3-5-9-21/h3-5,8-13,17,19H,6-7,14-16H2,1-2H3,(H,25,29). The lowest BCUT2D eigenvalue weighted by molar-refractivity contribution is -0.120. The third-order valence-corrected chi connectivity index (χ3v) is 7.58. The molecule has 1 amide bonds. The molecule has 0 bridgehead atoms. The van der Waals surface area contributed by atoms with Gasteiger partial charge in [0.1, 0.15) is 0 Å². The molecule has 0 radical (unpaired) electrons. The normalized spacial score (nSPS) is 17.2. The van der Waals surface area contributed by atoms with E-state index in [2.05, 4.69) is 15.5 Å². The average molecular weight is 469 g/mol. The molecule has 1 atom stereocenters. The Morgan fingerprint density at radius 2 is 1.88 bits per heavy atom. The Morgan fingerprint density at radius 1 is 1.15 bits per heavy atom. The summed E-state index contributed by atoms with van der Waals surface area (Å²) in [5.41, 5.74) is 1.67. The number of hydrogen-bond donors (Lipinski definition) is 1.